The van der Waals surface area contributed by atoms with Gasteiger partial charge in [0.15, 0.2) is 0 Å². The van der Waals surface area contributed by atoms with E-state index in [1.165, 1.54) is 5.56 Å². The van der Waals surface area contributed by atoms with Crippen LogP contribution in [-0.2, 0) is 6.42 Å². The molecule has 0 bridgehead atoms. The second-order valence-electron chi connectivity index (χ2n) is 5.68. The van der Waals surface area contributed by atoms with E-state index >= 15 is 0 Å². The van der Waals surface area contributed by atoms with Crippen LogP contribution in [0.5, 0.6) is 5.75 Å². The second kappa shape index (κ2) is 5.74. The second-order valence-corrected chi connectivity index (χ2v) is 5.68. The molecule has 0 amide bonds. The van der Waals surface area contributed by atoms with E-state index in [0.717, 1.165) is 30.5 Å². The Morgan fingerprint density at radius 3 is 3.00 bits per heavy atom. The monoisotopic (exact) mass is 284 g/mol. The summed E-state index contributed by atoms with van der Waals surface area (Å²) in [5, 5.41) is 13.2. The maximum atomic E-state index is 11.4. The molecule has 1 heterocycles. The minimum Gasteiger partial charge on any atom is -0.508 e. The molecule has 0 radical (unpaired) electrons. The number of nitrogens with one attached hydrogen (secondary N) is 2. The Morgan fingerprint density at radius 2 is 2.19 bits per heavy atom. The first-order valence-electron chi connectivity index (χ1n) is 7.40. The minimum atomic E-state index is -0.0320. The lowest BCUT2D eigenvalue weighted by Gasteiger charge is -2.29. The lowest BCUT2D eigenvalue weighted by atomic mass is 9.90. The van der Waals surface area contributed by atoms with Crippen molar-refractivity contribution in [2.24, 2.45) is 0 Å². The molecule has 0 saturated carbocycles. The predicted octanol–water partition coefficient (Wildman–Crippen LogP) is 2.81. The normalized spacial score (nSPS) is 19.0. The van der Waals surface area contributed by atoms with E-state index in [4.69, 9.17) is 0 Å². The molecule has 1 aliphatic rings. The van der Waals surface area contributed by atoms with Crippen LogP contribution in [0.15, 0.2) is 41.2 Å². The molecule has 2 atom stereocenters. The minimum absolute atomic E-state index is 0.0320. The number of aromatic hydroxyl groups is 1. The van der Waals surface area contributed by atoms with Crippen molar-refractivity contribution in [3.8, 4) is 5.75 Å². The summed E-state index contributed by atoms with van der Waals surface area (Å²) in [5.41, 5.74) is 3.27. The molecular formula is C17H20N2O2. The molecule has 0 fully saturated rings. The Kier molecular flexibility index (Phi) is 3.80. The lowest BCUT2D eigenvalue weighted by Crippen LogP contribution is -2.29. The maximum Gasteiger partial charge on any atom is 0.248 e. The molecule has 1 aromatic carbocycles. The Bertz CT molecular complexity index is 693. The molecule has 2 aromatic rings. The van der Waals surface area contributed by atoms with Crippen molar-refractivity contribution in [3.05, 3.63) is 63.6 Å². The number of hydrogen-bond acceptors (Lipinski definition) is 3. The van der Waals surface area contributed by atoms with Gasteiger partial charge in [-0.1, -0.05) is 18.2 Å². The van der Waals surface area contributed by atoms with E-state index < -0.39 is 0 Å². The first-order chi connectivity index (χ1) is 10.1. The average Bonchev–Trinajstić information content (AvgIpc) is 2.47. The van der Waals surface area contributed by atoms with E-state index in [1.807, 2.05) is 18.2 Å². The number of pyridine rings is 1. The number of benzene rings is 1. The van der Waals surface area contributed by atoms with Crippen molar-refractivity contribution in [1.82, 2.24) is 10.3 Å². The van der Waals surface area contributed by atoms with Gasteiger partial charge in [0.2, 0.25) is 5.56 Å². The summed E-state index contributed by atoms with van der Waals surface area (Å²) in [6.45, 7) is 2.09. The predicted molar refractivity (Wildman–Crippen MR) is 82.4 cm³/mol. The zero-order valence-electron chi connectivity index (χ0n) is 12.1. The van der Waals surface area contributed by atoms with E-state index in [2.05, 4.69) is 17.2 Å². The zero-order chi connectivity index (χ0) is 14.8. The average molecular weight is 284 g/mol. The Hall–Kier alpha value is -2.07. The number of phenolic OH excluding ortho intramolecular Hbond substituents is 1. The molecule has 3 N–H and O–H groups in total. The van der Waals surface area contributed by atoms with Crippen LogP contribution in [0.4, 0.5) is 0 Å². The van der Waals surface area contributed by atoms with Gasteiger partial charge in [-0.25, -0.2) is 0 Å². The standard InChI is InChI=1S/C17H20N2O2/c1-11(12-4-2-5-13(20)10-12)18-15-6-3-7-16-14(15)8-9-17(21)19-16/h2,4-5,8-11,15,18,20H,3,6-7H2,1H3,(H,19,21). The van der Waals surface area contributed by atoms with Crippen LogP contribution in [0.1, 0.15) is 48.7 Å². The molecule has 4 nitrogen and oxygen atoms in total. The summed E-state index contributed by atoms with van der Waals surface area (Å²) < 4.78 is 0. The van der Waals surface area contributed by atoms with Gasteiger partial charge in [-0.05, 0) is 49.4 Å². The van der Waals surface area contributed by atoms with Gasteiger partial charge in [0.25, 0.3) is 0 Å². The van der Waals surface area contributed by atoms with E-state index in [1.54, 1.807) is 18.2 Å². The third-order valence-electron chi connectivity index (χ3n) is 4.15. The maximum absolute atomic E-state index is 11.4. The highest BCUT2D eigenvalue weighted by molar-refractivity contribution is 5.30. The number of H-pyrrole nitrogens is 1. The van der Waals surface area contributed by atoms with Gasteiger partial charge in [-0.3, -0.25) is 4.79 Å². The van der Waals surface area contributed by atoms with E-state index in [0.29, 0.717) is 0 Å². The van der Waals surface area contributed by atoms with Gasteiger partial charge in [-0.15, -0.1) is 0 Å². The molecule has 0 spiro atoms. The fourth-order valence-electron chi connectivity index (χ4n) is 3.07. The largest absolute Gasteiger partial charge is 0.508 e. The highest BCUT2D eigenvalue weighted by Crippen LogP contribution is 2.30. The number of hydrogen-bond donors (Lipinski definition) is 3. The van der Waals surface area contributed by atoms with Gasteiger partial charge < -0.3 is 15.4 Å². The Balaban J connectivity index is 1.82. The molecule has 0 aliphatic heterocycles. The summed E-state index contributed by atoms with van der Waals surface area (Å²) in [7, 11) is 0. The molecule has 0 saturated heterocycles. The van der Waals surface area contributed by atoms with Gasteiger partial charge >= 0.3 is 0 Å². The van der Waals surface area contributed by atoms with Gasteiger partial charge in [0.1, 0.15) is 5.75 Å². The summed E-state index contributed by atoms with van der Waals surface area (Å²) in [6, 6.07) is 11.2. The van der Waals surface area contributed by atoms with Crippen molar-refractivity contribution in [1.29, 1.82) is 0 Å². The third kappa shape index (κ3) is 3.00. The summed E-state index contributed by atoms with van der Waals surface area (Å²) >= 11 is 0. The van der Waals surface area contributed by atoms with Gasteiger partial charge in [0.05, 0.1) is 0 Å². The highest BCUT2D eigenvalue weighted by atomic mass is 16.3. The number of aromatic amines is 1. The van der Waals surface area contributed by atoms with Crippen molar-refractivity contribution >= 4 is 0 Å². The van der Waals surface area contributed by atoms with Crippen molar-refractivity contribution in [2.75, 3.05) is 0 Å². The summed E-state index contributed by atoms with van der Waals surface area (Å²) in [4.78, 5) is 14.4. The third-order valence-corrected chi connectivity index (χ3v) is 4.15. The molecular weight excluding hydrogens is 264 g/mol. The smallest absolute Gasteiger partial charge is 0.248 e. The van der Waals surface area contributed by atoms with Crippen LogP contribution in [0.3, 0.4) is 0 Å². The van der Waals surface area contributed by atoms with Gasteiger partial charge in [-0.2, -0.15) is 0 Å². The number of aryl methyl sites for hydroxylation is 1. The van der Waals surface area contributed by atoms with Crippen LogP contribution in [0.25, 0.3) is 0 Å². The Labute approximate surface area is 123 Å². The summed E-state index contributed by atoms with van der Waals surface area (Å²) in [6.07, 6.45) is 3.06. The van der Waals surface area contributed by atoms with Crippen LogP contribution in [-0.4, -0.2) is 10.1 Å². The van der Waals surface area contributed by atoms with Crippen LogP contribution in [0, 0.1) is 0 Å². The SMILES string of the molecule is CC(NC1CCCc2[nH]c(=O)ccc21)c1cccc(O)c1. The first-order valence-corrected chi connectivity index (χ1v) is 7.40. The molecule has 110 valence electrons. The molecule has 1 aliphatic carbocycles. The molecule has 3 rings (SSSR count). The number of fused-ring (bicyclic) bond motifs is 1. The van der Waals surface area contributed by atoms with Gasteiger partial charge in [0, 0.05) is 23.8 Å². The number of aromatic nitrogens is 1. The van der Waals surface area contributed by atoms with Crippen molar-refractivity contribution < 1.29 is 5.11 Å². The van der Waals surface area contributed by atoms with Crippen LogP contribution in [0.2, 0.25) is 0 Å². The van der Waals surface area contributed by atoms with Crippen LogP contribution >= 0.6 is 0 Å². The molecule has 1 aromatic heterocycles. The number of phenols is 1. The highest BCUT2D eigenvalue weighted by Gasteiger charge is 2.22. The summed E-state index contributed by atoms with van der Waals surface area (Å²) in [5.74, 6) is 0.287. The van der Waals surface area contributed by atoms with Crippen molar-refractivity contribution in [2.45, 2.75) is 38.3 Å². The molecule has 4 heteroatoms. The fourth-order valence-corrected chi connectivity index (χ4v) is 3.07. The van der Waals surface area contributed by atoms with Crippen LogP contribution < -0.4 is 10.9 Å². The number of rotatable bonds is 3. The van der Waals surface area contributed by atoms with Crippen molar-refractivity contribution in [3.63, 3.8) is 0 Å². The van der Waals surface area contributed by atoms with E-state index in [-0.39, 0.29) is 23.4 Å². The topological polar surface area (TPSA) is 65.1 Å². The molecule has 2 unspecified atom stereocenters. The first kappa shape index (κ1) is 13.9. The van der Waals surface area contributed by atoms with E-state index in [9.17, 15) is 9.90 Å². The molecule has 21 heavy (non-hydrogen) atoms. The Morgan fingerprint density at radius 1 is 1.33 bits per heavy atom. The zero-order valence-corrected chi connectivity index (χ0v) is 12.1. The lowest BCUT2D eigenvalue weighted by molar-refractivity contribution is 0.409. The quantitative estimate of drug-likeness (QED) is 0.812. The fraction of sp³-hybridized carbons (Fsp3) is 0.353.